The van der Waals surface area contributed by atoms with E-state index in [2.05, 4.69) is 4.57 Å². The Morgan fingerprint density at radius 1 is 1.00 bits per heavy atom. The van der Waals surface area contributed by atoms with Crippen LogP contribution >= 0.6 is 0 Å². The summed E-state index contributed by atoms with van der Waals surface area (Å²) in [4.78, 5) is 30.5. The van der Waals surface area contributed by atoms with Crippen LogP contribution in [0.5, 0.6) is 11.5 Å². The minimum atomic E-state index is -0.271. The van der Waals surface area contributed by atoms with Crippen LogP contribution in [-0.4, -0.2) is 48.3 Å². The molecule has 0 unspecified atom stereocenters. The predicted molar refractivity (Wildman–Crippen MR) is 136 cm³/mol. The summed E-state index contributed by atoms with van der Waals surface area (Å²) in [6, 6.07) is 14.0. The second-order valence-corrected chi connectivity index (χ2v) is 9.23. The van der Waals surface area contributed by atoms with Gasteiger partial charge in [0, 0.05) is 50.2 Å². The number of para-hydroxylation sites is 1. The first-order chi connectivity index (χ1) is 17.5. The zero-order valence-electron chi connectivity index (χ0n) is 20.6. The van der Waals surface area contributed by atoms with Gasteiger partial charge in [0.25, 0.3) is 5.91 Å². The van der Waals surface area contributed by atoms with E-state index in [9.17, 15) is 14.0 Å². The number of ether oxygens (including phenoxy) is 2. The van der Waals surface area contributed by atoms with Crippen LogP contribution in [-0.2, 0) is 13.0 Å². The molecule has 1 fully saturated rings. The molecule has 0 spiro atoms. The average Bonchev–Trinajstić information content (AvgIpc) is 3.35. The first-order valence-corrected chi connectivity index (χ1v) is 12.4. The van der Waals surface area contributed by atoms with Crippen molar-refractivity contribution in [2.75, 3.05) is 37.9 Å². The van der Waals surface area contributed by atoms with Crippen LogP contribution in [0.2, 0.25) is 0 Å². The summed E-state index contributed by atoms with van der Waals surface area (Å²) in [5.41, 5.74) is 3.09. The highest BCUT2D eigenvalue weighted by atomic mass is 19.1. The summed E-state index contributed by atoms with van der Waals surface area (Å²) in [6.07, 6.45) is 1.41. The van der Waals surface area contributed by atoms with Gasteiger partial charge in [0.05, 0.1) is 5.69 Å². The SMILES string of the molecule is CCCc1c(C(=O)N2CCN(c3ccccc3F)CC2)c(=O)cc(C)n1Cc1ccc2c(c1)OCO2. The van der Waals surface area contributed by atoms with Crippen LogP contribution < -0.4 is 19.8 Å². The number of pyridine rings is 1. The van der Waals surface area contributed by atoms with E-state index < -0.39 is 0 Å². The summed E-state index contributed by atoms with van der Waals surface area (Å²) in [5, 5.41) is 0. The van der Waals surface area contributed by atoms with E-state index in [4.69, 9.17) is 9.47 Å². The van der Waals surface area contributed by atoms with E-state index in [0.717, 1.165) is 29.1 Å². The second-order valence-electron chi connectivity index (χ2n) is 9.23. The lowest BCUT2D eigenvalue weighted by atomic mass is 10.0. The van der Waals surface area contributed by atoms with Crippen molar-refractivity contribution in [2.45, 2.75) is 33.2 Å². The first-order valence-electron chi connectivity index (χ1n) is 12.4. The molecule has 0 bridgehead atoms. The number of hydrogen-bond donors (Lipinski definition) is 0. The van der Waals surface area contributed by atoms with Gasteiger partial charge in [-0.3, -0.25) is 9.59 Å². The van der Waals surface area contributed by atoms with Crippen LogP contribution in [0.4, 0.5) is 10.1 Å². The molecule has 0 saturated carbocycles. The van der Waals surface area contributed by atoms with Gasteiger partial charge >= 0.3 is 0 Å². The van der Waals surface area contributed by atoms with Crippen LogP contribution in [0, 0.1) is 12.7 Å². The van der Waals surface area contributed by atoms with Crippen molar-refractivity contribution in [2.24, 2.45) is 0 Å². The van der Waals surface area contributed by atoms with Crippen LogP contribution in [0.15, 0.2) is 53.3 Å². The van der Waals surface area contributed by atoms with Crippen LogP contribution in [0.3, 0.4) is 0 Å². The Morgan fingerprint density at radius 2 is 1.75 bits per heavy atom. The quantitative estimate of drug-likeness (QED) is 0.522. The Hall–Kier alpha value is -3.81. The molecule has 0 aliphatic carbocycles. The summed E-state index contributed by atoms with van der Waals surface area (Å²) < 4.78 is 27.2. The number of aromatic nitrogens is 1. The fraction of sp³-hybridized carbons (Fsp3) is 0.357. The normalized spacial score (nSPS) is 14.9. The number of amides is 1. The molecule has 188 valence electrons. The molecule has 2 aliphatic rings. The lowest BCUT2D eigenvalue weighted by molar-refractivity contribution is 0.0743. The van der Waals surface area contributed by atoms with Gasteiger partial charge in [0.1, 0.15) is 11.4 Å². The molecule has 3 aromatic rings. The Morgan fingerprint density at radius 3 is 2.50 bits per heavy atom. The standard InChI is InChI=1S/C28H30FN3O4/c1-3-6-23-27(28(34)31-13-11-30(12-14-31)22-8-5-4-7-21(22)29)24(33)15-19(2)32(23)17-20-9-10-25-26(16-20)36-18-35-25/h4-5,7-10,15-16H,3,6,11-14,17-18H2,1-2H3. The van der Waals surface area contributed by atoms with Gasteiger partial charge in [-0.1, -0.05) is 31.5 Å². The first kappa shape index (κ1) is 23.9. The highest BCUT2D eigenvalue weighted by molar-refractivity contribution is 5.95. The molecule has 1 saturated heterocycles. The van der Waals surface area contributed by atoms with Gasteiger partial charge in [-0.2, -0.15) is 0 Å². The Balaban J connectivity index is 1.42. The lowest BCUT2D eigenvalue weighted by Crippen LogP contribution is -2.50. The maximum absolute atomic E-state index is 14.2. The van der Waals surface area contributed by atoms with Crippen molar-refractivity contribution < 1.29 is 18.7 Å². The highest BCUT2D eigenvalue weighted by Crippen LogP contribution is 2.33. The number of halogens is 1. The van der Waals surface area contributed by atoms with Crippen LogP contribution in [0.1, 0.15) is 40.7 Å². The molecule has 0 atom stereocenters. The maximum atomic E-state index is 14.2. The molecule has 36 heavy (non-hydrogen) atoms. The molecular formula is C28H30FN3O4. The topological polar surface area (TPSA) is 64.0 Å². The number of aryl methyl sites for hydroxylation is 1. The van der Waals surface area contributed by atoms with E-state index in [1.807, 2.05) is 43.0 Å². The molecule has 3 heterocycles. The third-order valence-corrected chi connectivity index (χ3v) is 6.86. The number of carbonyl (C=O) groups is 1. The van der Waals surface area contributed by atoms with E-state index in [-0.39, 0.29) is 29.5 Å². The summed E-state index contributed by atoms with van der Waals surface area (Å²) in [5.74, 6) is 0.894. The van der Waals surface area contributed by atoms with Gasteiger partial charge in [-0.15, -0.1) is 0 Å². The zero-order chi connectivity index (χ0) is 25.2. The van der Waals surface area contributed by atoms with Crippen molar-refractivity contribution in [3.8, 4) is 11.5 Å². The van der Waals surface area contributed by atoms with E-state index in [0.29, 0.717) is 50.6 Å². The number of nitrogens with zero attached hydrogens (tertiary/aromatic N) is 3. The van der Waals surface area contributed by atoms with Crippen molar-refractivity contribution in [3.05, 3.63) is 87.1 Å². The number of carbonyl (C=O) groups excluding carboxylic acids is 1. The summed E-state index contributed by atoms with van der Waals surface area (Å²) >= 11 is 0. The van der Waals surface area contributed by atoms with Gasteiger partial charge in [-0.05, 0) is 43.2 Å². The fourth-order valence-corrected chi connectivity index (χ4v) is 5.01. The number of rotatable bonds is 6. The zero-order valence-corrected chi connectivity index (χ0v) is 20.6. The Bertz CT molecular complexity index is 1350. The molecule has 7 nitrogen and oxygen atoms in total. The smallest absolute Gasteiger partial charge is 0.259 e. The minimum Gasteiger partial charge on any atom is -0.454 e. The maximum Gasteiger partial charge on any atom is 0.259 e. The van der Waals surface area contributed by atoms with Crippen molar-refractivity contribution >= 4 is 11.6 Å². The third kappa shape index (κ3) is 4.55. The molecule has 8 heteroatoms. The summed E-state index contributed by atoms with van der Waals surface area (Å²) in [7, 11) is 0. The largest absolute Gasteiger partial charge is 0.454 e. The monoisotopic (exact) mass is 491 g/mol. The summed E-state index contributed by atoms with van der Waals surface area (Å²) in [6.45, 7) is 6.52. The van der Waals surface area contributed by atoms with Gasteiger partial charge in [0.2, 0.25) is 6.79 Å². The van der Waals surface area contributed by atoms with Crippen molar-refractivity contribution in [3.63, 3.8) is 0 Å². The average molecular weight is 492 g/mol. The molecule has 0 radical (unpaired) electrons. The van der Waals surface area contributed by atoms with Gasteiger partial charge in [-0.25, -0.2) is 4.39 Å². The lowest BCUT2D eigenvalue weighted by Gasteiger charge is -2.36. The predicted octanol–water partition coefficient (Wildman–Crippen LogP) is 3.99. The number of fused-ring (bicyclic) bond motifs is 1. The van der Waals surface area contributed by atoms with Crippen LogP contribution in [0.25, 0.3) is 0 Å². The molecule has 1 amide bonds. The molecule has 0 N–H and O–H groups in total. The third-order valence-electron chi connectivity index (χ3n) is 6.86. The molecule has 2 aliphatic heterocycles. The minimum absolute atomic E-state index is 0.208. The number of benzene rings is 2. The van der Waals surface area contributed by atoms with Crippen molar-refractivity contribution in [1.29, 1.82) is 0 Å². The molecule has 5 rings (SSSR count). The van der Waals surface area contributed by atoms with E-state index in [1.54, 1.807) is 23.1 Å². The van der Waals surface area contributed by atoms with Gasteiger partial charge < -0.3 is 23.8 Å². The van der Waals surface area contributed by atoms with E-state index >= 15 is 0 Å². The Labute approximate surface area is 209 Å². The number of hydrogen-bond acceptors (Lipinski definition) is 5. The number of piperazine rings is 1. The molecule has 1 aromatic heterocycles. The Kier molecular flexibility index (Phi) is 6.67. The molecular weight excluding hydrogens is 461 g/mol. The fourth-order valence-electron chi connectivity index (χ4n) is 5.01. The van der Waals surface area contributed by atoms with Crippen molar-refractivity contribution in [1.82, 2.24) is 9.47 Å². The van der Waals surface area contributed by atoms with Gasteiger partial charge in [0.15, 0.2) is 16.9 Å². The number of anilines is 1. The molecule has 2 aromatic carbocycles. The highest BCUT2D eigenvalue weighted by Gasteiger charge is 2.28. The van der Waals surface area contributed by atoms with E-state index in [1.165, 1.54) is 6.07 Å². The second kappa shape index (κ2) is 10.0.